The number of hydrogen-bond donors (Lipinski definition) is 0. The molecular weight excluding hydrogens is 841 g/mol. The minimum Gasteiger partial charge on any atom is -0.462 e. The maximum Gasteiger partial charge on any atom is 0.306 e. The van der Waals surface area contributed by atoms with Gasteiger partial charge >= 0.3 is 17.9 Å². The van der Waals surface area contributed by atoms with Crippen molar-refractivity contribution in [2.24, 2.45) is 0 Å². The van der Waals surface area contributed by atoms with Crippen molar-refractivity contribution in [3.05, 3.63) is 24.3 Å². The predicted molar refractivity (Wildman–Crippen MR) is 293 cm³/mol. The molecule has 6 heteroatoms. The summed E-state index contributed by atoms with van der Waals surface area (Å²) in [4.78, 5) is 38.2. The summed E-state index contributed by atoms with van der Waals surface area (Å²) in [6, 6.07) is 0. The molecule has 0 saturated carbocycles. The van der Waals surface area contributed by atoms with Crippen molar-refractivity contribution in [3.8, 4) is 0 Å². The predicted octanol–water partition coefficient (Wildman–Crippen LogP) is 20.3. The molecule has 0 radical (unpaired) electrons. The largest absolute Gasteiger partial charge is 0.462 e. The first kappa shape index (κ1) is 65.9. The lowest BCUT2D eigenvalue weighted by atomic mass is 10.0. The van der Waals surface area contributed by atoms with Gasteiger partial charge in [0.1, 0.15) is 13.2 Å². The Morgan fingerprint density at radius 3 is 0.735 bits per heavy atom. The molecule has 0 fully saturated rings. The van der Waals surface area contributed by atoms with Gasteiger partial charge in [-0.1, -0.05) is 270 Å². The van der Waals surface area contributed by atoms with Crippen LogP contribution in [0.25, 0.3) is 0 Å². The standard InChI is InChI=1S/C62H116O6/c1-4-7-10-13-16-19-22-25-27-28-29-30-31-32-33-34-35-38-40-43-46-49-52-55-61(64)67-58-59(57-66-60(63)54-51-48-45-42-39-36-24-21-18-15-12-9-6-3)68-62(65)56-53-50-47-44-41-37-26-23-20-17-14-11-8-5-2/h23,26,28-29,59H,4-22,24-25,27,30-58H2,1-3H3/b26-23-,29-28-. The summed E-state index contributed by atoms with van der Waals surface area (Å²) >= 11 is 0. The first-order valence-corrected chi connectivity index (χ1v) is 30.3. The van der Waals surface area contributed by atoms with Gasteiger partial charge in [0, 0.05) is 19.3 Å². The Bertz CT molecular complexity index is 1100. The van der Waals surface area contributed by atoms with E-state index in [1.807, 2.05) is 0 Å². The fraction of sp³-hybridized carbons (Fsp3) is 0.887. The molecule has 0 rings (SSSR count). The zero-order chi connectivity index (χ0) is 49.3. The number of ether oxygens (including phenoxy) is 3. The highest BCUT2D eigenvalue weighted by molar-refractivity contribution is 5.71. The van der Waals surface area contributed by atoms with E-state index < -0.39 is 6.10 Å². The van der Waals surface area contributed by atoms with Crippen molar-refractivity contribution < 1.29 is 28.6 Å². The van der Waals surface area contributed by atoms with Crippen molar-refractivity contribution in [3.63, 3.8) is 0 Å². The molecule has 0 amide bonds. The van der Waals surface area contributed by atoms with Crippen molar-refractivity contribution in [1.29, 1.82) is 0 Å². The van der Waals surface area contributed by atoms with Crippen LogP contribution in [0.3, 0.4) is 0 Å². The molecule has 0 spiro atoms. The minimum atomic E-state index is -0.772. The van der Waals surface area contributed by atoms with Gasteiger partial charge in [-0.25, -0.2) is 0 Å². The average molecular weight is 958 g/mol. The molecule has 0 aromatic rings. The van der Waals surface area contributed by atoms with Gasteiger partial charge in [-0.2, -0.15) is 0 Å². The highest BCUT2D eigenvalue weighted by Crippen LogP contribution is 2.17. The molecule has 0 aromatic heterocycles. The van der Waals surface area contributed by atoms with Crippen LogP contribution in [0.15, 0.2) is 24.3 Å². The molecule has 0 saturated heterocycles. The summed E-state index contributed by atoms with van der Waals surface area (Å²) in [5.74, 6) is -0.859. The van der Waals surface area contributed by atoms with Gasteiger partial charge in [-0.3, -0.25) is 14.4 Å². The molecule has 0 bridgehead atoms. The number of unbranched alkanes of at least 4 members (excludes halogenated alkanes) is 41. The van der Waals surface area contributed by atoms with Crippen molar-refractivity contribution >= 4 is 17.9 Å². The van der Waals surface area contributed by atoms with Crippen LogP contribution in [-0.2, 0) is 28.6 Å². The first-order valence-electron chi connectivity index (χ1n) is 30.3. The van der Waals surface area contributed by atoms with Crippen LogP contribution < -0.4 is 0 Å². The van der Waals surface area contributed by atoms with Crippen molar-refractivity contribution in [2.45, 2.75) is 341 Å². The molecular formula is C62H116O6. The molecule has 400 valence electrons. The molecule has 0 aliphatic rings. The number of hydrogen-bond acceptors (Lipinski definition) is 6. The highest BCUT2D eigenvalue weighted by Gasteiger charge is 2.19. The summed E-state index contributed by atoms with van der Waals surface area (Å²) in [7, 11) is 0. The second kappa shape index (κ2) is 57.5. The maximum absolute atomic E-state index is 12.8. The van der Waals surface area contributed by atoms with Crippen molar-refractivity contribution in [1.82, 2.24) is 0 Å². The summed E-state index contributed by atoms with van der Waals surface area (Å²) in [6.45, 7) is 6.67. The fourth-order valence-corrected chi connectivity index (χ4v) is 9.08. The zero-order valence-electron chi connectivity index (χ0n) is 45.9. The average Bonchev–Trinajstić information content (AvgIpc) is 3.34. The summed E-state index contributed by atoms with van der Waals surface area (Å²) < 4.78 is 16.9. The van der Waals surface area contributed by atoms with E-state index in [0.29, 0.717) is 19.3 Å². The molecule has 1 atom stereocenters. The van der Waals surface area contributed by atoms with E-state index in [1.54, 1.807) is 0 Å². The van der Waals surface area contributed by atoms with Crippen LogP contribution in [0.2, 0.25) is 0 Å². The Hall–Kier alpha value is -2.11. The number of esters is 3. The van der Waals surface area contributed by atoms with Crippen molar-refractivity contribution in [2.75, 3.05) is 13.2 Å². The second-order valence-corrected chi connectivity index (χ2v) is 20.6. The molecule has 0 aromatic carbocycles. The Morgan fingerprint density at radius 2 is 0.485 bits per heavy atom. The van der Waals surface area contributed by atoms with E-state index in [-0.39, 0.29) is 31.1 Å². The SMILES string of the molecule is CCCCCCC/C=C\CCCCCCCC(=O)OC(COC(=O)CCCCCCCCCCCCC/C=C\CCCCCCCCCC)COC(=O)CCCCCCCCCCCCCCC. The molecule has 6 nitrogen and oxygen atoms in total. The molecule has 0 N–H and O–H groups in total. The Labute approximate surface area is 423 Å². The minimum absolute atomic E-state index is 0.0701. The number of allylic oxidation sites excluding steroid dienone is 4. The maximum atomic E-state index is 12.8. The summed E-state index contributed by atoms with van der Waals surface area (Å²) in [6.07, 6.45) is 67.5. The van der Waals surface area contributed by atoms with Gasteiger partial charge in [-0.15, -0.1) is 0 Å². The van der Waals surface area contributed by atoms with Gasteiger partial charge in [0.05, 0.1) is 0 Å². The summed E-state index contributed by atoms with van der Waals surface area (Å²) in [5.41, 5.74) is 0. The monoisotopic (exact) mass is 957 g/mol. The highest BCUT2D eigenvalue weighted by atomic mass is 16.6. The number of rotatable bonds is 56. The molecule has 0 aliphatic carbocycles. The van der Waals surface area contributed by atoms with Crippen LogP contribution in [0, 0.1) is 0 Å². The van der Waals surface area contributed by atoms with Gasteiger partial charge in [0.15, 0.2) is 6.10 Å². The van der Waals surface area contributed by atoms with E-state index >= 15 is 0 Å². The fourth-order valence-electron chi connectivity index (χ4n) is 9.08. The molecule has 1 unspecified atom stereocenters. The van der Waals surface area contributed by atoms with E-state index in [2.05, 4.69) is 45.1 Å². The molecule has 68 heavy (non-hydrogen) atoms. The lowest BCUT2D eigenvalue weighted by molar-refractivity contribution is -0.167. The van der Waals surface area contributed by atoms with E-state index in [0.717, 1.165) is 64.2 Å². The zero-order valence-corrected chi connectivity index (χ0v) is 45.9. The van der Waals surface area contributed by atoms with Gasteiger partial charge in [-0.05, 0) is 70.6 Å². The van der Waals surface area contributed by atoms with Gasteiger partial charge < -0.3 is 14.2 Å². The third kappa shape index (κ3) is 54.8. The topological polar surface area (TPSA) is 78.9 Å². The third-order valence-corrected chi connectivity index (χ3v) is 13.7. The Balaban J connectivity index is 4.25. The van der Waals surface area contributed by atoms with Crippen LogP contribution in [0.5, 0.6) is 0 Å². The smallest absolute Gasteiger partial charge is 0.306 e. The van der Waals surface area contributed by atoms with Gasteiger partial charge in [0.2, 0.25) is 0 Å². The lowest BCUT2D eigenvalue weighted by Crippen LogP contribution is -2.30. The van der Waals surface area contributed by atoms with E-state index in [1.165, 1.54) is 231 Å². The Kier molecular flexibility index (Phi) is 55.7. The lowest BCUT2D eigenvalue weighted by Gasteiger charge is -2.18. The van der Waals surface area contributed by atoms with Crippen LogP contribution >= 0.6 is 0 Å². The molecule has 0 aliphatic heterocycles. The Morgan fingerprint density at radius 1 is 0.279 bits per heavy atom. The molecule has 0 heterocycles. The number of carbonyl (C=O) groups excluding carboxylic acids is 3. The first-order chi connectivity index (χ1) is 33.5. The van der Waals surface area contributed by atoms with Gasteiger partial charge in [0.25, 0.3) is 0 Å². The van der Waals surface area contributed by atoms with Crippen LogP contribution in [0.1, 0.15) is 335 Å². The summed E-state index contributed by atoms with van der Waals surface area (Å²) in [5, 5.41) is 0. The third-order valence-electron chi connectivity index (χ3n) is 13.7. The van der Waals surface area contributed by atoms with E-state index in [4.69, 9.17) is 14.2 Å². The normalized spacial score (nSPS) is 12.1. The van der Waals surface area contributed by atoms with Crippen LogP contribution in [-0.4, -0.2) is 37.2 Å². The number of carbonyl (C=O) groups is 3. The second-order valence-electron chi connectivity index (χ2n) is 20.6. The quantitative estimate of drug-likeness (QED) is 0.0262. The van der Waals surface area contributed by atoms with E-state index in [9.17, 15) is 14.4 Å². The van der Waals surface area contributed by atoms with Crippen LogP contribution in [0.4, 0.5) is 0 Å².